The van der Waals surface area contributed by atoms with Crippen molar-refractivity contribution >= 4 is 0 Å². The molecule has 0 bridgehead atoms. The van der Waals surface area contributed by atoms with Gasteiger partial charge >= 0.3 is 0 Å². The van der Waals surface area contributed by atoms with Crippen LogP contribution in [-0.2, 0) is 0 Å². The number of likely N-dealkylation sites (tertiary alicyclic amines) is 1. The molecule has 2 unspecified atom stereocenters. The van der Waals surface area contributed by atoms with Crippen LogP contribution in [0, 0.1) is 5.92 Å². The van der Waals surface area contributed by atoms with E-state index in [9.17, 15) is 0 Å². The SMILES string of the molecule is CN1CCCC(C(N)N2CCNCC2)C1. The van der Waals surface area contributed by atoms with Gasteiger partial charge in [-0.05, 0) is 26.4 Å². The lowest BCUT2D eigenvalue weighted by Crippen LogP contribution is -2.57. The van der Waals surface area contributed by atoms with E-state index >= 15 is 0 Å². The third-order valence-corrected chi connectivity index (χ3v) is 3.72. The summed E-state index contributed by atoms with van der Waals surface area (Å²) in [5.74, 6) is 0.668. The molecule has 2 atom stereocenters. The second-order valence-corrected chi connectivity index (χ2v) is 4.94. The molecule has 0 saturated carbocycles. The highest BCUT2D eigenvalue weighted by Gasteiger charge is 2.28. The predicted molar refractivity (Wildman–Crippen MR) is 62.6 cm³/mol. The van der Waals surface area contributed by atoms with Crippen LogP contribution in [-0.4, -0.2) is 62.3 Å². The van der Waals surface area contributed by atoms with Gasteiger partial charge in [-0.15, -0.1) is 0 Å². The number of piperidine rings is 1. The average molecular weight is 212 g/mol. The van der Waals surface area contributed by atoms with Crippen LogP contribution < -0.4 is 11.1 Å². The minimum atomic E-state index is 0.273. The highest BCUT2D eigenvalue weighted by atomic mass is 15.3. The van der Waals surface area contributed by atoms with Gasteiger partial charge < -0.3 is 16.0 Å². The molecule has 4 heteroatoms. The Hall–Kier alpha value is -0.160. The van der Waals surface area contributed by atoms with Crippen LogP contribution in [0.2, 0.25) is 0 Å². The maximum atomic E-state index is 6.36. The minimum absolute atomic E-state index is 0.273. The second kappa shape index (κ2) is 5.25. The van der Waals surface area contributed by atoms with Gasteiger partial charge in [-0.2, -0.15) is 0 Å². The molecule has 2 rings (SSSR count). The molecule has 2 aliphatic rings. The van der Waals surface area contributed by atoms with Gasteiger partial charge in [0.05, 0.1) is 6.17 Å². The number of nitrogens with zero attached hydrogens (tertiary/aromatic N) is 2. The van der Waals surface area contributed by atoms with Crippen molar-refractivity contribution in [3.63, 3.8) is 0 Å². The molecule has 2 aliphatic heterocycles. The molecule has 0 spiro atoms. The summed E-state index contributed by atoms with van der Waals surface area (Å²) in [6.45, 7) is 6.82. The Labute approximate surface area is 92.8 Å². The molecule has 15 heavy (non-hydrogen) atoms. The highest BCUT2D eigenvalue weighted by Crippen LogP contribution is 2.19. The Morgan fingerprint density at radius 2 is 2.00 bits per heavy atom. The molecule has 0 amide bonds. The Morgan fingerprint density at radius 3 is 2.67 bits per heavy atom. The van der Waals surface area contributed by atoms with Crippen molar-refractivity contribution in [2.45, 2.75) is 19.0 Å². The zero-order valence-corrected chi connectivity index (χ0v) is 9.78. The maximum Gasteiger partial charge on any atom is 0.0614 e. The lowest BCUT2D eigenvalue weighted by Gasteiger charge is -2.40. The molecular formula is C11H24N4. The van der Waals surface area contributed by atoms with Crippen molar-refractivity contribution in [3.05, 3.63) is 0 Å². The molecule has 2 fully saturated rings. The Balaban J connectivity index is 1.85. The summed E-state index contributed by atoms with van der Waals surface area (Å²) in [4.78, 5) is 4.86. The summed E-state index contributed by atoms with van der Waals surface area (Å²) < 4.78 is 0. The van der Waals surface area contributed by atoms with E-state index in [1.807, 2.05) is 0 Å². The van der Waals surface area contributed by atoms with E-state index < -0.39 is 0 Å². The van der Waals surface area contributed by atoms with Gasteiger partial charge in [0.15, 0.2) is 0 Å². The van der Waals surface area contributed by atoms with Gasteiger partial charge in [-0.25, -0.2) is 0 Å². The molecule has 3 N–H and O–H groups in total. The monoisotopic (exact) mass is 212 g/mol. The van der Waals surface area contributed by atoms with Crippen molar-refractivity contribution in [1.29, 1.82) is 0 Å². The van der Waals surface area contributed by atoms with E-state index in [1.54, 1.807) is 0 Å². The molecule has 0 radical (unpaired) electrons. The van der Waals surface area contributed by atoms with Crippen LogP contribution in [0.5, 0.6) is 0 Å². The number of hydrogen-bond donors (Lipinski definition) is 2. The highest BCUT2D eigenvalue weighted by molar-refractivity contribution is 4.82. The zero-order chi connectivity index (χ0) is 10.7. The van der Waals surface area contributed by atoms with E-state index in [0.717, 1.165) is 26.2 Å². The normalized spacial score (nSPS) is 32.8. The molecule has 0 aromatic rings. The van der Waals surface area contributed by atoms with Crippen molar-refractivity contribution in [1.82, 2.24) is 15.1 Å². The van der Waals surface area contributed by atoms with Crippen LogP contribution in [0.25, 0.3) is 0 Å². The van der Waals surface area contributed by atoms with E-state index in [0.29, 0.717) is 5.92 Å². The third-order valence-electron chi connectivity index (χ3n) is 3.72. The molecule has 4 nitrogen and oxygen atoms in total. The van der Waals surface area contributed by atoms with Gasteiger partial charge in [0.2, 0.25) is 0 Å². The van der Waals surface area contributed by atoms with E-state index in [2.05, 4.69) is 22.2 Å². The lowest BCUT2D eigenvalue weighted by molar-refractivity contribution is 0.0823. The topological polar surface area (TPSA) is 44.5 Å². The molecular weight excluding hydrogens is 188 g/mol. The number of hydrogen-bond acceptors (Lipinski definition) is 4. The van der Waals surface area contributed by atoms with E-state index in [-0.39, 0.29) is 6.17 Å². The fraction of sp³-hybridized carbons (Fsp3) is 1.00. The summed E-state index contributed by atoms with van der Waals surface area (Å²) in [6.07, 6.45) is 2.88. The van der Waals surface area contributed by atoms with Crippen LogP contribution >= 0.6 is 0 Å². The Kier molecular flexibility index (Phi) is 3.97. The number of nitrogens with two attached hydrogens (primary N) is 1. The van der Waals surface area contributed by atoms with Crippen LogP contribution in [0.15, 0.2) is 0 Å². The summed E-state index contributed by atoms with van der Waals surface area (Å²) in [6, 6.07) is 0. The number of nitrogens with one attached hydrogen (secondary N) is 1. The van der Waals surface area contributed by atoms with Gasteiger partial charge in [0, 0.05) is 38.6 Å². The first-order chi connectivity index (χ1) is 7.27. The van der Waals surface area contributed by atoms with E-state index in [1.165, 1.54) is 25.9 Å². The fourth-order valence-corrected chi connectivity index (χ4v) is 2.76. The first-order valence-electron chi connectivity index (χ1n) is 6.16. The fourth-order valence-electron chi connectivity index (χ4n) is 2.76. The minimum Gasteiger partial charge on any atom is -0.315 e. The Morgan fingerprint density at radius 1 is 1.27 bits per heavy atom. The van der Waals surface area contributed by atoms with Crippen LogP contribution in [0.3, 0.4) is 0 Å². The quantitative estimate of drug-likeness (QED) is 0.649. The summed E-state index contributed by atoms with van der Waals surface area (Å²) in [5.41, 5.74) is 6.36. The van der Waals surface area contributed by atoms with E-state index in [4.69, 9.17) is 5.73 Å². The standard InChI is InChI=1S/C11H24N4/c1-14-6-2-3-10(9-14)11(12)15-7-4-13-5-8-15/h10-11,13H,2-9,12H2,1H3. The average Bonchev–Trinajstić information content (AvgIpc) is 2.29. The molecule has 0 aromatic heterocycles. The lowest BCUT2D eigenvalue weighted by atomic mass is 9.94. The first kappa shape index (κ1) is 11.3. The summed E-state index contributed by atoms with van der Waals surface area (Å²) in [7, 11) is 2.20. The Bertz CT molecular complexity index is 191. The maximum absolute atomic E-state index is 6.36. The van der Waals surface area contributed by atoms with Gasteiger partial charge in [0.25, 0.3) is 0 Å². The summed E-state index contributed by atoms with van der Waals surface area (Å²) in [5, 5.41) is 3.37. The van der Waals surface area contributed by atoms with Crippen LogP contribution in [0.1, 0.15) is 12.8 Å². The van der Waals surface area contributed by atoms with Crippen molar-refractivity contribution in [2.75, 3.05) is 46.3 Å². The molecule has 0 aliphatic carbocycles. The number of rotatable bonds is 2. The molecule has 2 saturated heterocycles. The van der Waals surface area contributed by atoms with Gasteiger partial charge in [-0.1, -0.05) is 0 Å². The van der Waals surface area contributed by atoms with Gasteiger partial charge in [0.1, 0.15) is 0 Å². The predicted octanol–water partition coefficient (Wildman–Crippen LogP) is -0.482. The number of piperazine rings is 1. The summed E-state index contributed by atoms with van der Waals surface area (Å²) >= 11 is 0. The molecule has 0 aromatic carbocycles. The zero-order valence-electron chi connectivity index (χ0n) is 9.78. The second-order valence-electron chi connectivity index (χ2n) is 4.94. The van der Waals surface area contributed by atoms with Gasteiger partial charge in [-0.3, -0.25) is 4.90 Å². The largest absolute Gasteiger partial charge is 0.315 e. The van der Waals surface area contributed by atoms with Crippen LogP contribution in [0.4, 0.5) is 0 Å². The third kappa shape index (κ3) is 2.91. The van der Waals surface area contributed by atoms with Crippen molar-refractivity contribution < 1.29 is 0 Å². The molecule has 88 valence electrons. The molecule has 2 heterocycles. The first-order valence-corrected chi connectivity index (χ1v) is 6.16. The van der Waals surface area contributed by atoms with Crippen molar-refractivity contribution in [3.8, 4) is 0 Å². The van der Waals surface area contributed by atoms with Crippen molar-refractivity contribution in [2.24, 2.45) is 11.7 Å². The smallest absolute Gasteiger partial charge is 0.0614 e.